The minimum Gasteiger partial charge on any atom is -0.495 e. The molecule has 1 aromatic carbocycles. The van der Waals surface area contributed by atoms with Crippen LogP contribution in [-0.2, 0) is 24.9 Å². The summed E-state index contributed by atoms with van der Waals surface area (Å²) in [4.78, 5) is 15.9. The van der Waals surface area contributed by atoms with Gasteiger partial charge < -0.3 is 20.7 Å². The highest BCUT2D eigenvalue weighted by Crippen LogP contribution is 2.25. The average molecular weight is 486 g/mol. The molecule has 0 unspecified atom stereocenters. The Morgan fingerprint density at radius 3 is 2.67 bits per heavy atom. The molecule has 0 radical (unpaired) electrons. The lowest BCUT2D eigenvalue weighted by Crippen LogP contribution is -2.37. The van der Waals surface area contributed by atoms with E-state index in [2.05, 4.69) is 26.0 Å². The highest BCUT2D eigenvalue weighted by atomic mass is 127. The highest BCUT2D eigenvalue weighted by molar-refractivity contribution is 14.0. The Morgan fingerprint density at radius 2 is 2.07 bits per heavy atom. The summed E-state index contributed by atoms with van der Waals surface area (Å²) in [5.41, 5.74) is 2.67. The number of aryl methyl sites for hydroxylation is 1. The predicted molar refractivity (Wildman–Crippen MR) is 118 cm³/mol. The van der Waals surface area contributed by atoms with E-state index in [9.17, 15) is 4.79 Å². The topological polar surface area (TPSA) is 92.6 Å². The normalized spacial score (nSPS) is 10.7. The molecule has 0 spiro atoms. The Hall–Kier alpha value is -2.30. The lowest BCUT2D eigenvalue weighted by molar-refractivity contribution is -0.114. The fraction of sp³-hybridized carbons (Fsp3) is 0.389. The van der Waals surface area contributed by atoms with Crippen molar-refractivity contribution in [1.82, 2.24) is 20.4 Å². The molecule has 2 rings (SSSR count). The van der Waals surface area contributed by atoms with Crippen LogP contribution in [0.1, 0.15) is 25.1 Å². The number of halogens is 1. The molecule has 0 saturated carbocycles. The van der Waals surface area contributed by atoms with Crippen molar-refractivity contribution in [3.63, 3.8) is 0 Å². The van der Waals surface area contributed by atoms with Gasteiger partial charge in [-0.05, 0) is 30.7 Å². The smallest absolute Gasteiger partial charge is 0.221 e. The number of benzene rings is 1. The van der Waals surface area contributed by atoms with Gasteiger partial charge in [0.25, 0.3) is 0 Å². The molecule has 9 heteroatoms. The number of guanidine groups is 1. The number of carbonyl (C=O) groups is 1. The van der Waals surface area contributed by atoms with Gasteiger partial charge in [-0.25, -0.2) is 4.99 Å². The quantitative estimate of drug-likeness (QED) is 0.317. The van der Waals surface area contributed by atoms with Gasteiger partial charge in [0.15, 0.2) is 5.96 Å². The molecule has 0 saturated heterocycles. The van der Waals surface area contributed by atoms with Crippen molar-refractivity contribution in [2.45, 2.75) is 26.9 Å². The number of aromatic nitrogens is 2. The highest BCUT2D eigenvalue weighted by Gasteiger charge is 2.07. The van der Waals surface area contributed by atoms with E-state index >= 15 is 0 Å². The van der Waals surface area contributed by atoms with E-state index < -0.39 is 0 Å². The maximum Gasteiger partial charge on any atom is 0.221 e. The molecule has 0 fully saturated rings. The van der Waals surface area contributed by atoms with Crippen molar-refractivity contribution >= 4 is 41.5 Å². The summed E-state index contributed by atoms with van der Waals surface area (Å²) in [6, 6.07) is 7.58. The molecule has 0 aliphatic rings. The van der Waals surface area contributed by atoms with Gasteiger partial charge >= 0.3 is 0 Å². The summed E-state index contributed by atoms with van der Waals surface area (Å²) in [6.45, 7) is 5.34. The lowest BCUT2D eigenvalue weighted by atomic mass is 10.2. The molecule has 8 nitrogen and oxygen atoms in total. The molecule has 0 aliphatic heterocycles. The van der Waals surface area contributed by atoms with Crippen molar-refractivity contribution < 1.29 is 9.53 Å². The van der Waals surface area contributed by atoms with Gasteiger partial charge in [0, 0.05) is 26.7 Å². The van der Waals surface area contributed by atoms with Gasteiger partial charge in [-0.2, -0.15) is 5.10 Å². The third-order valence-corrected chi connectivity index (χ3v) is 3.70. The average Bonchev–Trinajstić information content (AvgIpc) is 3.02. The summed E-state index contributed by atoms with van der Waals surface area (Å²) in [5, 5.41) is 13.4. The standard InChI is InChI=1S/C18H26N6O2.HI/c1-5-19-18(21-12-15-8-9-22-24(15)3)20-11-14-6-7-17(26-4)16(10-14)23-13(2)25;/h6-10H,5,11-12H2,1-4H3,(H,23,25)(H2,19,20,21);1H. The molecule has 1 heterocycles. The van der Waals surface area contributed by atoms with Crippen LogP contribution in [0, 0.1) is 0 Å². The monoisotopic (exact) mass is 486 g/mol. The maximum absolute atomic E-state index is 11.3. The zero-order valence-corrected chi connectivity index (χ0v) is 18.4. The van der Waals surface area contributed by atoms with E-state index in [1.807, 2.05) is 42.9 Å². The van der Waals surface area contributed by atoms with Gasteiger partial charge in [-0.3, -0.25) is 9.48 Å². The fourth-order valence-corrected chi connectivity index (χ4v) is 2.40. The van der Waals surface area contributed by atoms with Gasteiger partial charge in [0.05, 0.1) is 31.6 Å². The number of hydrogen-bond donors (Lipinski definition) is 3. The summed E-state index contributed by atoms with van der Waals surface area (Å²) in [7, 11) is 3.48. The molecular weight excluding hydrogens is 459 g/mol. The number of rotatable bonds is 7. The number of nitrogens with one attached hydrogen (secondary N) is 3. The van der Waals surface area contributed by atoms with Crippen molar-refractivity contribution in [3.05, 3.63) is 41.7 Å². The molecule has 3 N–H and O–H groups in total. The van der Waals surface area contributed by atoms with E-state index in [1.165, 1.54) is 6.92 Å². The number of carbonyl (C=O) groups excluding carboxylic acids is 1. The maximum atomic E-state index is 11.3. The number of ether oxygens (including phenoxy) is 1. The third-order valence-electron chi connectivity index (χ3n) is 3.70. The van der Waals surface area contributed by atoms with Crippen LogP contribution < -0.4 is 20.7 Å². The number of nitrogens with zero attached hydrogens (tertiary/aromatic N) is 3. The van der Waals surface area contributed by atoms with E-state index in [0.717, 1.165) is 17.8 Å². The number of methoxy groups -OCH3 is 1. The second-order valence-corrected chi connectivity index (χ2v) is 5.71. The summed E-state index contributed by atoms with van der Waals surface area (Å²) in [6.07, 6.45) is 1.77. The number of amides is 1. The number of anilines is 1. The first kappa shape index (κ1) is 22.7. The van der Waals surface area contributed by atoms with E-state index in [-0.39, 0.29) is 29.9 Å². The number of hydrogen-bond acceptors (Lipinski definition) is 4. The van der Waals surface area contributed by atoms with Crippen LogP contribution in [0.2, 0.25) is 0 Å². The molecule has 0 bridgehead atoms. The number of aliphatic imine (C=N–C) groups is 1. The molecule has 0 aliphatic carbocycles. The summed E-state index contributed by atoms with van der Waals surface area (Å²) in [5.74, 6) is 1.19. The first-order valence-corrected chi connectivity index (χ1v) is 8.47. The Balaban J connectivity index is 0.00000364. The molecule has 1 amide bonds. The molecular formula is C18H27IN6O2. The van der Waals surface area contributed by atoms with Crippen LogP contribution in [-0.4, -0.2) is 35.3 Å². The Labute approximate surface area is 176 Å². The van der Waals surface area contributed by atoms with Gasteiger partial charge in [0.2, 0.25) is 5.91 Å². The zero-order valence-electron chi connectivity index (χ0n) is 16.1. The van der Waals surface area contributed by atoms with Gasteiger partial charge in [0.1, 0.15) is 5.75 Å². The largest absolute Gasteiger partial charge is 0.495 e. The van der Waals surface area contributed by atoms with Gasteiger partial charge in [-0.1, -0.05) is 6.07 Å². The lowest BCUT2D eigenvalue weighted by Gasteiger charge is -2.13. The van der Waals surface area contributed by atoms with Crippen LogP contribution >= 0.6 is 24.0 Å². The minimum atomic E-state index is -0.143. The van der Waals surface area contributed by atoms with Crippen molar-refractivity contribution in [2.24, 2.45) is 12.0 Å². The zero-order chi connectivity index (χ0) is 18.9. The molecule has 148 valence electrons. The van der Waals surface area contributed by atoms with Crippen LogP contribution in [0.15, 0.2) is 35.5 Å². The molecule has 2 aromatic rings. The van der Waals surface area contributed by atoms with Crippen molar-refractivity contribution in [2.75, 3.05) is 19.0 Å². The van der Waals surface area contributed by atoms with Crippen LogP contribution in [0.3, 0.4) is 0 Å². The van der Waals surface area contributed by atoms with Crippen molar-refractivity contribution in [1.29, 1.82) is 0 Å². The van der Waals surface area contributed by atoms with Crippen LogP contribution in [0.4, 0.5) is 5.69 Å². The Bertz CT molecular complexity index is 775. The summed E-state index contributed by atoms with van der Waals surface area (Å²) >= 11 is 0. The minimum absolute atomic E-state index is 0. The molecule has 0 atom stereocenters. The second kappa shape index (κ2) is 11.4. The second-order valence-electron chi connectivity index (χ2n) is 5.71. The van der Waals surface area contributed by atoms with Crippen LogP contribution in [0.25, 0.3) is 0 Å². The Kier molecular flexibility index (Phi) is 9.62. The first-order chi connectivity index (χ1) is 12.5. The van der Waals surface area contributed by atoms with Crippen LogP contribution in [0.5, 0.6) is 5.75 Å². The summed E-state index contributed by atoms with van der Waals surface area (Å²) < 4.78 is 7.09. The van der Waals surface area contributed by atoms with E-state index in [0.29, 0.717) is 30.5 Å². The third kappa shape index (κ3) is 7.08. The van der Waals surface area contributed by atoms with Crippen molar-refractivity contribution in [3.8, 4) is 5.75 Å². The van der Waals surface area contributed by atoms with E-state index in [4.69, 9.17) is 4.74 Å². The fourth-order valence-electron chi connectivity index (χ4n) is 2.40. The van der Waals surface area contributed by atoms with Gasteiger partial charge in [-0.15, -0.1) is 24.0 Å². The SMILES string of the molecule is CCNC(=NCc1ccc(OC)c(NC(C)=O)c1)NCc1ccnn1C.I. The molecule has 1 aromatic heterocycles. The van der Waals surface area contributed by atoms with E-state index in [1.54, 1.807) is 13.3 Å². The molecule has 27 heavy (non-hydrogen) atoms. The first-order valence-electron chi connectivity index (χ1n) is 8.47. The predicted octanol–water partition coefficient (Wildman–Crippen LogP) is 2.26. The Morgan fingerprint density at radius 1 is 1.30 bits per heavy atom.